The first-order chi connectivity index (χ1) is 23.5. The molecule has 2 aliphatic rings. The molecule has 0 bridgehead atoms. The Bertz CT molecular complexity index is 1000. The highest BCUT2D eigenvalue weighted by atomic mass is 33.1. The van der Waals surface area contributed by atoms with Gasteiger partial charge in [0, 0.05) is 69.0 Å². The molecule has 0 aromatic carbocycles. The Morgan fingerprint density at radius 3 is 1.67 bits per heavy atom. The van der Waals surface area contributed by atoms with Gasteiger partial charge in [-0.05, 0) is 44.4 Å². The molecular formula is C35H62N4O8S2. The molecule has 0 aromatic heterocycles. The Morgan fingerprint density at radius 2 is 1.14 bits per heavy atom. The summed E-state index contributed by atoms with van der Waals surface area (Å²) in [6, 6.07) is 0. The molecule has 282 valence electrons. The lowest BCUT2D eigenvalue weighted by molar-refractivity contribution is -0.136. The Labute approximate surface area is 302 Å². The van der Waals surface area contributed by atoms with Gasteiger partial charge in [-0.2, -0.15) is 0 Å². The van der Waals surface area contributed by atoms with Crippen LogP contribution in [-0.2, 0) is 23.8 Å². The van der Waals surface area contributed by atoms with Gasteiger partial charge in [-0.3, -0.25) is 9.59 Å². The van der Waals surface area contributed by atoms with Crippen LogP contribution in [0.15, 0.2) is 0 Å². The van der Waals surface area contributed by atoms with Gasteiger partial charge in [0.05, 0.1) is 6.61 Å². The van der Waals surface area contributed by atoms with Crippen molar-refractivity contribution < 1.29 is 38.2 Å². The second kappa shape index (κ2) is 24.7. The fourth-order valence-corrected chi connectivity index (χ4v) is 7.52. The Kier molecular flexibility index (Phi) is 21.6. The highest BCUT2D eigenvalue weighted by Gasteiger charge is 2.27. The highest BCUT2D eigenvalue weighted by molar-refractivity contribution is 8.76. The van der Waals surface area contributed by atoms with E-state index in [2.05, 4.69) is 10.6 Å². The average molecular weight is 731 g/mol. The molecule has 0 radical (unpaired) electrons. The predicted octanol–water partition coefficient (Wildman–Crippen LogP) is 6.66. The Hall–Kier alpha value is -2.35. The number of rotatable bonds is 15. The number of piperazine rings is 1. The number of ketones is 1. The first kappa shape index (κ1) is 42.8. The van der Waals surface area contributed by atoms with E-state index in [1.54, 1.807) is 38.3 Å². The van der Waals surface area contributed by atoms with Crippen LogP contribution in [0, 0.1) is 17.3 Å². The second-order valence-corrected chi connectivity index (χ2v) is 16.6. The molecule has 1 saturated heterocycles. The number of hydrogen-bond donors (Lipinski definition) is 2. The molecule has 1 saturated carbocycles. The summed E-state index contributed by atoms with van der Waals surface area (Å²) in [7, 11) is 3.12. The zero-order valence-corrected chi connectivity index (χ0v) is 32.0. The zero-order valence-electron chi connectivity index (χ0n) is 30.4. The lowest BCUT2D eigenvalue weighted by Gasteiger charge is -2.34. The normalized spacial score (nSPS) is 19.5. The van der Waals surface area contributed by atoms with Gasteiger partial charge >= 0.3 is 18.3 Å². The molecule has 2 N–H and O–H groups in total. The molecule has 0 spiro atoms. The Morgan fingerprint density at radius 1 is 0.653 bits per heavy atom. The van der Waals surface area contributed by atoms with Crippen molar-refractivity contribution in [1.82, 2.24) is 20.4 Å². The van der Waals surface area contributed by atoms with E-state index in [1.165, 1.54) is 32.1 Å². The molecule has 2 atom stereocenters. The number of ether oxygens (including phenoxy) is 3. The van der Waals surface area contributed by atoms with Gasteiger partial charge in [-0.15, -0.1) is 0 Å². The molecule has 2 rings (SSSR count). The van der Waals surface area contributed by atoms with Gasteiger partial charge < -0.3 is 34.6 Å². The van der Waals surface area contributed by atoms with E-state index in [0.717, 1.165) is 32.1 Å². The minimum Gasteiger partial charge on any atom is -0.450 e. The topological polar surface area (TPSA) is 144 Å². The summed E-state index contributed by atoms with van der Waals surface area (Å²) in [5, 5.41) is 5.87. The minimum atomic E-state index is -0.448. The summed E-state index contributed by atoms with van der Waals surface area (Å²) >= 11 is 0. The lowest BCUT2D eigenvalue weighted by Crippen LogP contribution is -2.50. The first-order valence-corrected chi connectivity index (χ1v) is 20.8. The summed E-state index contributed by atoms with van der Waals surface area (Å²) < 4.78 is 15.8. The van der Waals surface area contributed by atoms with Crippen LogP contribution in [0.5, 0.6) is 0 Å². The average Bonchev–Trinajstić information content (AvgIpc) is 3.07. The van der Waals surface area contributed by atoms with E-state index in [1.807, 2.05) is 20.8 Å². The van der Waals surface area contributed by atoms with Crippen molar-refractivity contribution in [2.45, 2.75) is 105 Å². The van der Waals surface area contributed by atoms with Crippen molar-refractivity contribution in [2.75, 3.05) is 70.6 Å². The van der Waals surface area contributed by atoms with Crippen molar-refractivity contribution in [2.24, 2.45) is 17.3 Å². The summed E-state index contributed by atoms with van der Waals surface area (Å²) in [5.41, 5.74) is -0.448. The van der Waals surface area contributed by atoms with Crippen LogP contribution in [0.25, 0.3) is 0 Å². The number of carbonyl (C=O) groups is 5. The summed E-state index contributed by atoms with van der Waals surface area (Å²) in [6.45, 7) is 11.2. The van der Waals surface area contributed by atoms with Gasteiger partial charge in [-0.25, -0.2) is 14.4 Å². The van der Waals surface area contributed by atoms with Crippen LogP contribution in [0.4, 0.5) is 14.4 Å². The van der Waals surface area contributed by atoms with E-state index in [0.29, 0.717) is 75.8 Å². The smallest absolute Gasteiger partial charge is 0.409 e. The molecule has 1 aliphatic heterocycles. The van der Waals surface area contributed by atoms with E-state index in [-0.39, 0.29) is 43.3 Å². The lowest BCUT2D eigenvalue weighted by atomic mass is 9.88. The molecule has 1 aliphatic carbocycles. The van der Waals surface area contributed by atoms with Crippen LogP contribution in [-0.4, -0.2) is 110 Å². The van der Waals surface area contributed by atoms with Crippen LogP contribution in [0.1, 0.15) is 105 Å². The third-order valence-corrected chi connectivity index (χ3v) is 11.3. The zero-order chi connectivity index (χ0) is 35.9. The van der Waals surface area contributed by atoms with E-state index >= 15 is 0 Å². The van der Waals surface area contributed by atoms with Gasteiger partial charge in [0.25, 0.3) is 0 Å². The number of hydrogen-bond acceptors (Lipinski definition) is 10. The van der Waals surface area contributed by atoms with Crippen molar-refractivity contribution in [3.8, 4) is 0 Å². The Balaban J connectivity index is 1.54. The number of carbonyl (C=O) groups excluding carboxylic acids is 5. The van der Waals surface area contributed by atoms with Gasteiger partial charge in [-0.1, -0.05) is 80.9 Å². The van der Waals surface area contributed by atoms with E-state index in [9.17, 15) is 24.0 Å². The van der Waals surface area contributed by atoms with Crippen molar-refractivity contribution in [1.29, 1.82) is 0 Å². The maximum atomic E-state index is 12.5. The maximum absolute atomic E-state index is 12.5. The van der Waals surface area contributed by atoms with E-state index < -0.39 is 11.5 Å². The summed E-state index contributed by atoms with van der Waals surface area (Å²) in [4.78, 5) is 64.5. The fourth-order valence-electron chi connectivity index (χ4n) is 5.86. The maximum Gasteiger partial charge on any atom is 0.409 e. The number of nitrogens with zero attached hydrogens (tertiary/aromatic N) is 2. The van der Waals surface area contributed by atoms with Crippen LogP contribution in [0.3, 0.4) is 0 Å². The third kappa shape index (κ3) is 19.6. The SMILES string of the molecule is CCOC(=O)NCC1CCCCCCCCC(CNC(=O)OCCSSCCOC(=O)N2CCN(C(=O)CCC(=O)C(C)(C)C)CC2)CC1. The summed E-state index contributed by atoms with van der Waals surface area (Å²) in [5.74, 6) is 2.05. The largest absolute Gasteiger partial charge is 0.450 e. The molecule has 0 aromatic rings. The van der Waals surface area contributed by atoms with Gasteiger partial charge in [0.15, 0.2) is 0 Å². The second-order valence-electron chi connectivity index (χ2n) is 13.9. The molecule has 4 amide bonds. The number of alkyl carbamates (subject to hydrolysis) is 2. The number of nitrogens with one attached hydrogen (secondary N) is 2. The number of amides is 4. The molecule has 2 unspecified atom stereocenters. The van der Waals surface area contributed by atoms with Gasteiger partial charge in [0.2, 0.25) is 5.91 Å². The van der Waals surface area contributed by atoms with Crippen LogP contribution >= 0.6 is 21.6 Å². The molecule has 14 heteroatoms. The van der Waals surface area contributed by atoms with Crippen molar-refractivity contribution in [3.05, 3.63) is 0 Å². The fraction of sp³-hybridized carbons (Fsp3) is 0.857. The van der Waals surface area contributed by atoms with Crippen molar-refractivity contribution >= 4 is 51.6 Å². The van der Waals surface area contributed by atoms with Crippen LogP contribution < -0.4 is 10.6 Å². The summed E-state index contributed by atoms with van der Waals surface area (Å²) in [6.07, 6.45) is 10.8. The molecule has 2 fully saturated rings. The van der Waals surface area contributed by atoms with E-state index in [4.69, 9.17) is 14.2 Å². The third-order valence-electron chi connectivity index (χ3n) is 8.97. The molecule has 12 nitrogen and oxygen atoms in total. The monoisotopic (exact) mass is 730 g/mol. The molecular weight excluding hydrogens is 669 g/mol. The number of Topliss-reactive ketones (excluding diaryl/α,β-unsaturated/α-hetero) is 1. The predicted molar refractivity (Wildman–Crippen MR) is 196 cm³/mol. The molecule has 1 heterocycles. The first-order valence-electron chi connectivity index (χ1n) is 18.3. The molecule has 49 heavy (non-hydrogen) atoms. The quantitative estimate of drug-likeness (QED) is 0.107. The van der Waals surface area contributed by atoms with Gasteiger partial charge in [0.1, 0.15) is 19.0 Å². The minimum absolute atomic E-state index is 0.0525. The standard InChI is InChI=1S/C35H62N4O8S2/c1-5-45-32(42)36-26-28-12-10-8-6-7-9-11-13-29(15-14-28)27-37-33(43)46-22-24-48-49-25-23-47-34(44)39-20-18-38(19-21-39)31(41)17-16-30(40)35(2,3)4/h28-29H,5-27H2,1-4H3,(H,36,42)(H,37,43). The van der Waals surface area contributed by atoms with Crippen LogP contribution in [0.2, 0.25) is 0 Å². The highest BCUT2D eigenvalue weighted by Crippen LogP contribution is 2.25. The van der Waals surface area contributed by atoms with Crippen molar-refractivity contribution in [3.63, 3.8) is 0 Å².